The number of halogens is 2. The molecule has 1 fully saturated rings. The molecule has 1 aliphatic rings. The molecule has 0 saturated heterocycles. The lowest BCUT2D eigenvalue weighted by Crippen LogP contribution is -2.36. The number of rotatable bonds is 3. The second kappa shape index (κ2) is 5.79. The summed E-state index contributed by atoms with van der Waals surface area (Å²) in [6.45, 7) is 0. The van der Waals surface area contributed by atoms with E-state index in [0.29, 0.717) is 6.42 Å². The number of aliphatic hydroxyl groups excluding tert-OH is 1. The molecule has 2 atom stereocenters. The zero-order valence-corrected chi connectivity index (χ0v) is 11.1. The van der Waals surface area contributed by atoms with Gasteiger partial charge in [0.15, 0.2) is 11.6 Å². The minimum Gasteiger partial charge on any atom is -0.391 e. The van der Waals surface area contributed by atoms with E-state index < -0.39 is 17.7 Å². The van der Waals surface area contributed by atoms with Crippen LogP contribution in [-0.2, 0) is 0 Å². The van der Waals surface area contributed by atoms with Crippen LogP contribution < -0.4 is 11.1 Å². The minimum absolute atomic E-state index is 0.0310. The lowest BCUT2D eigenvalue weighted by Gasteiger charge is -2.29. The molecular weight excluding hydrogens is 270 g/mol. The van der Waals surface area contributed by atoms with Crippen molar-refractivity contribution >= 4 is 22.9 Å². The van der Waals surface area contributed by atoms with Gasteiger partial charge in [-0.05, 0) is 25.0 Å². The Bertz CT molecular complexity index is 496. The third kappa shape index (κ3) is 3.01. The molecule has 2 unspecified atom stereocenters. The SMILES string of the molecule is NC(=S)c1ccc(NC2CCCCC2O)c(F)c1F. The fourth-order valence-corrected chi connectivity index (χ4v) is 2.49. The van der Waals surface area contributed by atoms with Crippen LogP contribution in [0.2, 0.25) is 0 Å². The molecule has 19 heavy (non-hydrogen) atoms. The molecule has 2 rings (SSSR count). The van der Waals surface area contributed by atoms with Gasteiger partial charge in [-0.15, -0.1) is 0 Å². The van der Waals surface area contributed by atoms with Crippen LogP contribution in [-0.4, -0.2) is 22.2 Å². The van der Waals surface area contributed by atoms with Crippen molar-refractivity contribution < 1.29 is 13.9 Å². The highest BCUT2D eigenvalue weighted by Gasteiger charge is 2.24. The number of nitrogens with two attached hydrogens (primary N) is 1. The van der Waals surface area contributed by atoms with E-state index in [4.69, 9.17) is 5.73 Å². The van der Waals surface area contributed by atoms with Crippen LogP contribution >= 0.6 is 12.2 Å². The van der Waals surface area contributed by atoms with E-state index >= 15 is 0 Å². The van der Waals surface area contributed by atoms with E-state index in [1.165, 1.54) is 12.1 Å². The lowest BCUT2D eigenvalue weighted by atomic mass is 9.92. The zero-order valence-electron chi connectivity index (χ0n) is 10.3. The highest BCUT2D eigenvalue weighted by molar-refractivity contribution is 7.80. The maximum Gasteiger partial charge on any atom is 0.182 e. The second-order valence-electron chi connectivity index (χ2n) is 4.76. The standard InChI is InChI=1S/C13H16F2N2OS/c14-11-7(13(16)19)5-6-9(12(11)15)17-8-3-1-2-4-10(8)18/h5-6,8,10,17-18H,1-4H2,(H2,16,19). The fraction of sp³-hybridized carbons (Fsp3) is 0.462. The summed E-state index contributed by atoms with van der Waals surface area (Å²) >= 11 is 4.64. The molecule has 1 saturated carbocycles. The Kier molecular flexibility index (Phi) is 4.31. The highest BCUT2D eigenvalue weighted by Crippen LogP contribution is 2.26. The Balaban J connectivity index is 2.21. The smallest absolute Gasteiger partial charge is 0.182 e. The van der Waals surface area contributed by atoms with Crippen LogP contribution in [0.1, 0.15) is 31.2 Å². The summed E-state index contributed by atoms with van der Waals surface area (Å²) in [5.41, 5.74) is 5.23. The van der Waals surface area contributed by atoms with E-state index in [1.54, 1.807) is 0 Å². The number of thiocarbonyl (C=S) groups is 1. The Morgan fingerprint density at radius 3 is 2.58 bits per heavy atom. The maximum atomic E-state index is 13.9. The van der Waals surface area contributed by atoms with Gasteiger partial charge in [0.25, 0.3) is 0 Å². The minimum atomic E-state index is -1.05. The van der Waals surface area contributed by atoms with Crippen molar-refractivity contribution in [3.63, 3.8) is 0 Å². The second-order valence-corrected chi connectivity index (χ2v) is 5.20. The van der Waals surface area contributed by atoms with Crippen LogP contribution in [0, 0.1) is 11.6 Å². The van der Waals surface area contributed by atoms with Crippen LogP contribution in [0.5, 0.6) is 0 Å². The normalized spacial score (nSPS) is 23.1. The van der Waals surface area contributed by atoms with Crippen molar-refractivity contribution in [2.45, 2.75) is 37.8 Å². The molecule has 4 N–H and O–H groups in total. The molecule has 3 nitrogen and oxygen atoms in total. The molecule has 104 valence electrons. The summed E-state index contributed by atoms with van der Waals surface area (Å²) < 4.78 is 27.6. The van der Waals surface area contributed by atoms with Gasteiger partial charge in [0.1, 0.15) is 4.99 Å². The van der Waals surface area contributed by atoms with Crippen molar-refractivity contribution in [3.8, 4) is 0 Å². The van der Waals surface area contributed by atoms with Gasteiger partial charge in [0, 0.05) is 5.56 Å². The molecule has 6 heteroatoms. The predicted octanol–water partition coefficient (Wildman–Crippen LogP) is 2.31. The fourth-order valence-electron chi connectivity index (χ4n) is 2.33. The Hall–Kier alpha value is -1.27. The van der Waals surface area contributed by atoms with Gasteiger partial charge < -0.3 is 16.2 Å². The third-order valence-corrected chi connectivity index (χ3v) is 3.64. The molecule has 0 aliphatic heterocycles. The molecule has 0 amide bonds. The van der Waals surface area contributed by atoms with E-state index in [0.717, 1.165) is 19.3 Å². The van der Waals surface area contributed by atoms with Crippen molar-refractivity contribution in [2.24, 2.45) is 5.73 Å². The summed E-state index contributed by atoms with van der Waals surface area (Å²) in [4.78, 5) is -0.180. The average molecular weight is 286 g/mol. The quantitative estimate of drug-likeness (QED) is 0.746. The Morgan fingerprint density at radius 2 is 1.95 bits per heavy atom. The van der Waals surface area contributed by atoms with Crippen LogP contribution in [0.25, 0.3) is 0 Å². The van der Waals surface area contributed by atoms with Gasteiger partial charge in [-0.25, -0.2) is 8.78 Å². The summed E-state index contributed by atoms with van der Waals surface area (Å²) in [5.74, 6) is -2.06. The lowest BCUT2D eigenvalue weighted by molar-refractivity contribution is 0.116. The average Bonchev–Trinajstić information content (AvgIpc) is 2.37. The number of nitrogens with one attached hydrogen (secondary N) is 1. The predicted molar refractivity (Wildman–Crippen MR) is 74.1 cm³/mol. The first-order valence-corrected chi connectivity index (χ1v) is 6.64. The number of aliphatic hydroxyl groups is 1. The largest absolute Gasteiger partial charge is 0.391 e. The topological polar surface area (TPSA) is 58.3 Å². The summed E-state index contributed by atoms with van der Waals surface area (Å²) in [6, 6.07) is 2.49. The molecule has 1 aromatic rings. The van der Waals surface area contributed by atoms with Gasteiger partial charge >= 0.3 is 0 Å². The summed E-state index contributed by atoms with van der Waals surface area (Å²) in [5, 5.41) is 12.7. The first-order valence-electron chi connectivity index (χ1n) is 6.23. The Morgan fingerprint density at radius 1 is 1.26 bits per heavy atom. The van der Waals surface area contributed by atoms with E-state index in [-0.39, 0.29) is 22.3 Å². The summed E-state index contributed by atoms with van der Waals surface area (Å²) in [6.07, 6.45) is 2.79. The Labute approximate surface area is 115 Å². The van der Waals surface area contributed by atoms with E-state index in [2.05, 4.69) is 17.5 Å². The van der Waals surface area contributed by atoms with Crippen molar-refractivity contribution in [2.75, 3.05) is 5.32 Å². The van der Waals surface area contributed by atoms with Gasteiger partial charge in [-0.1, -0.05) is 25.1 Å². The van der Waals surface area contributed by atoms with E-state index in [9.17, 15) is 13.9 Å². The summed E-state index contributed by atoms with van der Waals surface area (Å²) in [7, 11) is 0. The number of anilines is 1. The highest BCUT2D eigenvalue weighted by atomic mass is 32.1. The molecule has 0 heterocycles. The molecule has 1 aromatic carbocycles. The van der Waals surface area contributed by atoms with Gasteiger partial charge in [-0.2, -0.15) is 0 Å². The van der Waals surface area contributed by atoms with Gasteiger partial charge in [0.2, 0.25) is 0 Å². The molecule has 0 aromatic heterocycles. The first kappa shape index (κ1) is 14.1. The molecular formula is C13H16F2N2OS. The molecule has 0 spiro atoms. The number of benzene rings is 1. The molecule has 0 radical (unpaired) electrons. The maximum absolute atomic E-state index is 13.9. The van der Waals surface area contributed by atoms with Gasteiger partial charge in [0.05, 0.1) is 17.8 Å². The number of hydrogen-bond donors (Lipinski definition) is 3. The molecule has 0 bridgehead atoms. The monoisotopic (exact) mass is 286 g/mol. The third-order valence-electron chi connectivity index (χ3n) is 3.42. The zero-order chi connectivity index (χ0) is 14.0. The molecule has 1 aliphatic carbocycles. The first-order chi connectivity index (χ1) is 9.00. The van der Waals surface area contributed by atoms with Crippen molar-refractivity contribution in [3.05, 3.63) is 29.3 Å². The van der Waals surface area contributed by atoms with Crippen LogP contribution in [0.4, 0.5) is 14.5 Å². The van der Waals surface area contributed by atoms with Crippen LogP contribution in [0.15, 0.2) is 12.1 Å². The van der Waals surface area contributed by atoms with Crippen LogP contribution in [0.3, 0.4) is 0 Å². The van der Waals surface area contributed by atoms with Crippen molar-refractivity contribution in [1.29, 1.82) is 0 Å². The van der Waals surface area contributed by atoms with Crippen molar-refractivity contribution in [1.82, 2.24) is 0 Å². The number of hydrogen-bond acceptors (Lipinski definition) is 3. The van der Waals surface area contributed by atoms with E-state index in [1.807, 2.05) is 0 Å². The van der Waals surface area contributed by atoms with Gasteiger partial charge in [-0.3, -0.25) is 0 Å².